The maximum atomic E-state index is 12.7. The quantitative estimate of drug-likeness (QED) is 0.327. The summed E-state index contributed by atoms with van der Waals surface area (Å²) in [5, 5.41) is 10.8. The highest BCUT2D eigenvalue weighted by Crippen LogP contribution is 2.31. The molecule has 0 bridgehead atoms. The third-order valence-electron chi connectivity index (χ3n) is 2.95. The lowest BCUT2D eigenvalue weighted by Crippen LogP contribution is -2.05. The molecule has 0 saturated heterocycles. The molecule has 0 spiro atoms. The summed E-state index contributed by atoms with van der Waals surface area (Å²) < 4.78 is 66.9. The Morgan fingerprint density at radius 2 is 1.88 bits per heavy atom. The first-order valence-corrected chi connectivity index (χ1v) is 6.61. The van der Waals surface area contributed by atoms with E-state index in [2.05, 4.69) is 9.73 Å². The van der Waals surface area contributed by atoms with Crippen LogP contribution < -0.4 is 4.74 Å². The highest BCUT2D eigenvalue weighted by atomic mass is 19.4. The molecule has 0 aromatic heterocycles. The minimum Gasteiger partial charge on any atom is -0.434 e. The number of alkyl halides is 5. The number of non-ortho nitro benzene ring substituents is 1. The Hall–Kier alpha value is -3.04. The number of hydrogen-bond acceptors (Lipinski definition) is 4. The van der Waals surface area contributed by atoms with Gasteiger partial charge in [0.25, 0.3) is 5.69 Å². The van der Waals surface area contributed by atoms with Crippen LogP contribution in [-0.2, 0) is 6.18 Å². The van der Waals surface area contributed by atoms with Gasteiger partial charge in [-0.05, 0) is 24.3 Å². The number of benzene rings is 2. The summed E-state index contributed by atoms with van der Waals surface area (Å²) in [7, 11) is 0. The maximum absolute atomic E-state index is 12.7. The lowest BCUT2D eigenvalue weighted by atomic mass is 10.2. The number of halogens is 5. The van der Waals surface area contributed by atoms with Crippen molar-refractivity contribution in [2.24, 2.45) is 4.99 Å². The van der Waals surface area contributed by atoms with Crippen LogP contribution in [0, 0.1) is 10.1 Å². The minimum atomic E-state index is -4.57. The number of rotatable bonds is 5. The average Bonchev–Trinajstić information content (AvgIpc) is 2.52. The van der Waals surface area contributed by atoms with E-state index in [1.165, 1.54) is 6.07 Å². The van der Waals surface area contributed by atoms with Crippen LogP contribution in [0.1, 0.15) is 11.1 Å². The van der Waals surface area contributed by atoms with Crippen molar-refractivity contribution < 1.29 is 31.6 Å². The summed E-state index contributed by atoms with van der Waals surface area (Å²) >= 11 is 0. The molecule has 0 atom stereocenters. The van der Waals surface area contributed by atoms with Gasteiger partial charge in [-0.15, -0.1) is 0 Å². The molecular weight excluding hydrogens is 351 g/mol. The van der Waals surface area contributed by atoms with E-state index < -0.39 is 34.7 Å². The zero-order valence-electron chi connectivity index (χ0n) is 12.2. The normalized spacial score (nSPS) is 11.9. The molecule has 0 unspecified atom stereocenters. The van der Waals surface area contributed by atoms with E-state index in [1.807, 2.05) is 0 Å². The van der Waals surface area contributed by atoms with E-state index in [0.717, 1.165) is 42.6 Å². The van der Waals surface area contributed by atoms with Crippen LogP contribution in [-0.4, -0.2) is 17.7 Å². The number of aliphatic imine (C=N–C) groups is 1. The van der Waals surface area contributed by atoms with Crippen molar-refractivity contribution in [2.75, 3.05) is 0 Å². The predicted molar refractivity (Wildman–Crippen MR) is 78.4 cm³/mol. The summed E-state index contributed by atoms with van der Waals surface area (Å²) in [5.74, 6) is -0.392. The van der Waals surface area contributed by atoms with E-state index in [1.54, 1.807) is 0 Å². The van der Waals surface area contributed by atoms with Gasteiger partial charge in [-0.1, -0.05) is 6.07 Å². The first-order valence-electron chi connectivity index (χ1n) is 6.61. The Labute approximate surface area is 137 Å². The number of nitro groups is 1. The van der Waals surface area contributed by atoms with Crippen LogP contribution in [0.15, 0.2) is 47.5 Å². The average molecular weight is 360 g/mol. The van der Waals surface area contributed by atoms with Gasteiger partial charge in [0.05, 0.1) is 16.2 Å². The summed E-state index contributed by atoms with van der Waals surface area (Å²) in [6.45, 7) is -3.18. The Kier molecular flexibility index (Phi) is 5.30. The lowest BCUT2D eigenvalue weighted by Gasteiger charge is -2.08. The van der Waals surface area contributed by atoms with Gasteiger partial charge in [0.2, 0.25) is 0 Å². The Balaban J connectivity index is 2.39. The Morgan fingerprint density at radius 3 is 2.48 bits per heavy atom. The van der Waals surface area contributed by atoms with Crippen molar-refractivity contribution in [3.8, 4) is 5.75 Å². The van der Waals surface area contributed by atoms with Crippen molar-refractivity contribution >= 4 is 17.6 Å². The smallest absolute Gasteiger partial charge is 0.416 e. The van der Waals surface area contributed by atoms with Gasteiger partial charge in [0, 0.05) is 23.9 Å². The van der Waals surface area contributed by atoms with Crippen molar-refractivity contribution in [2.45, 2.75) is 12.8 Å². The number of nitrogens with zero attached hydrogens (tertiary/aromatic N) is 2. The fourth-order valence-electron chi connectivity index (χ4n) is 1.86. The van der Waals surface area contributed by atoms with Gasteiger partial charge in [-0.25, -0.2) is 0 Å². The molecule has 0 radical (unpaired) electrons. The van der Waals surface area contributed by atoms with Crippen LogP contribution >= 0.6 is 0 Å². The molecular formula is C15H9F5N2O3. The van der Waals surface area contributed by atoms with Crippen molar-refractivity contribution in [1.82, 2.24) is 0 Å². The zero-order chi connectivity index (χ0) is 18.6. The van der Waals surface area contributed by atoms with Crippen LogP contribution in [0.5, 0.6) is 5.75 Å². The van der Waals surface area contributed by atoms with Gasteiger partial charge in [-0.3, -0.25) is 15.1 Å². The van der Waals surface area contributed by atoms with Crippen molar-refractivity contribution in [3.05, 3.63) is 63.7 Å². The molecule has 0 heterocycles. The zero-order valence-corrected chi connectivity index (χ0v) is 12.2. The minimum absolute atomic E-state index is 0.107. The first kappa shape index (κ1) is 18.3. The third kappa shape index (κ3) is 4.96. The molecule has 132 valence electrons. The van der Waals surface area contributed by atoms with E-state index in [4.69, 9.17) is 0 Å². The number of nitro benzene ring substituents is 1. The highest BCUT2D eigenvalue weighted by Gasteiger charge is 2.30. The molecule has 0 N–H and O–H groups in total. The standard InChI is InChI=1S/C15H9F5N2O3/c16-14(17)25-13-5-4-12(22(23)24)6-9(13)8-21-11-3-1-2-10(7-11)15(18,19)20/h1-8,14H/b21-8+. The summed E-state index contributed by atoms with van der Waals surface area (Å²) in [6.07, 6.45) is -3.65. The molecule has 0 saturated carbocycles. The van der Waals surface area contributed by atoms with E-state index in [0.29, 0.717) is 0 Å². The van der Waals surface area contributed by atoms with Crippen LogP contribution in [0.2, 0.25) is 0 Å². The van der Waals surface area contributed by atoms with E-state index in [-0.39, 0.29) is 11.3 Å². The van der Waals surface area contributed by atoms with Crippen molar-refractivity contribution in [3.63, 3.8) is 0 Å². The SMILES string of the molecule is O=[N+]([O-])c1ccc(OC(F)F)c(/C=N/c2cccc(C(F)(F)F)c2)c1. The van der Waals surface area contributed by atoms with Gasteiger partial charge >= 0.3 is 12.8 Å². The van der Waals surface area contributed by atoms with Gasteiger partial charge in [-0.2, -0.15) is 22.0 Å². The summed E-state index contributed by atoms with van der Waals surface area (Å²) in [5.41, 5.74) is -1.63. The maximum Gasteiger partial charge on any atom is 0.416 e. The largest absolute Gasteiger partial charge is 0.434 e. The predicted octanol–water partition coefficient (Wildman–Crippen LogP) is 4.97. The van der Waals surface area contributed by atoms with Crippen LogP contribution in [0.3, 0.4) is 0 Å². The molecule has 0 aliphatic rings. The van der Waals surface area contributed by atoms with E-state index in [9.17, 15) is 32.1 Å². The molecule has 0 aliphatic heterocycles. The highest BCUT2D eigenvalue weighted by molar-refractivity contribution is 5.86. The van der Waals surface area contributed by atoms with Crippen molar-refractivity contribution in [1.29, 1.82) is 0 Å². The molecule has 0 amide bonds. The van der Waals surface area contributed by atoms with Crippen LogP contribution in [0.4, 0.5) is 33.3 Å². The molecule has 25 heavy (non-hydrogen) atoms. The van der Waals surface area contributed by atoms with Gasteiger partial charge in [0.1, 0.15) is 5.75 Å². The molecule has 10 heteroatoms. The van der Waals surface area contributed by atoms with Gasteiger partial charge < -0.3 is 4.74 Å². The monoisotopic (exact) mass is 360 g/mol. The second kappa shape index (κ2) is 7.24. The Morgan fingerprint density at radius 1 is 1.16 bits per heavy atom. The number of ether oxygens (including phenoxy) is 1. The fourth-order valence-corrected chi connectivity index (χ4v) is 1.86. The van der Waals surface area contributed by atoms with Crippen LogP contribution in [0.25, 0.3) is 0 Å². The van der Waals surface area contributed by atoms with E-state index >= 15 is 0 Å². The molecule has 2 aromatic carbocycles. The molecule has 0 aliphatic carbocycles. The fraction of sp³-hybridized carbons (Fsp3) is 0.133. The van der Waals surface area contributed by atoms with Gasteiger partial charge in [0.15, 0.2) is 0 Å². The lowest BCUT2D eigenvalue weighted by molar-refractivity contribution is -0.384. The summed E-state index contributed by atoms with van der Waals surface area (Å²) in [6, 6.07) is 6.82. The second-order valence-electron chi connectivity index (χ2n) is 4.66. The molecule has 0 fully saturated rings. The Bertz CT molecular complexity index is 806. The topological polar surface area (TPSA) is 64.7 Å². The summed E-state index contributed by atoms with van der Waals surface area (Å²) in [4.78, 5) is 13.8. The molecule has 5 nitrogen and oxygen atoms in total. The molecule has 2 aromatic rings. The first-order chi connectivity index (χ1) is 11.7. The second-order valence-corrected chi connectivity index (χ2v) is 4.66. The third-order valence-corrected chi connectivity index (χ3v) is 2.95. The molecule has 2 rings (SSSR count). The number of hydrogen-bond donors (Lipinski definition) is 0.